The number of methoxy groups -OCH3 is 2. The van der Waals surface area contributed by atoms with Crippen molar-refractivity contribution in [3.8, 4) is 11.5 Å². The second-order valence-corrected chi connectivity index (χ2v) is 4.45. The van der Waals surface area contributed by atoms with Gasteiger partial charge >= 0.3 is 0 Å². The van der Waals surface area contributed by atoms with E-state index in [0.717, 1.165) is 11.3 Å². The van der Waals surface area contributed by atoms with Crippen LogP contribution in [0.5, 0.6) is 11.5 Å². The topological polar surface area (TPSA) is 66.5 Å². The van der Waals surface area contributed by atoms with E-state index in [9.17, 15) is 4.79 Å². The van der Waals surface area contributed by atoms with Crippen LogP contribution >= 0.6 is 0 Å². The lowest BCUT2D eigenvalue weighted by Crippen LogP contribution is -2.19. The fourth-order valence-electron chi connectivity index (χ4n) is 2.02. The first-order valence-corrected chi connectivity index (χ1v) is 6.27. The lowest BCUT2D eigenvalue weighted by atomic mass is 10.1. The van der Waals surface area contributed by atoms with Crippen molar-refractivity contribution in [2.45, 2.75) is 12.6 Å². The monoisotopic (exact) mass is 274 g/mol. The molecule has 1 heterocycles. The number of nitrogens with zero attached hydrogens (tertiary/aromatic N) is 1. The minimum absolute atomic E-state index is 0.0168. The van der Waals surface area contributed by atoms with Gasteiger partial charge in [0, 0.05) is 42.7 Å². The number of rotatable bonds is 5. The van der Waals surface area contributed by atoms with Gasteiger partial charge in [-0.1, -0.05) is 6.07 Å². The Morgan fingerprint density at radius 1 is 1.15 bits per heavy atom. The summed E-state index contributed by atoms with van der Waals surface area (Å²) in [5, 5.41) is 0. The SMILES string of the molecule is COc1ccc(C(N)Cn2ccc(=O)cc2)c(OC)c1. The summed E-state index contributed by atoms with van der Waals surface area (Å²) in [6.07, 6.45) is 3.44. The Bertz CT molecular complexity index is 617. The maximum atomic E-state index is 11.1. The van der Waals surface area contributed by atoms with Gasteiger partial charge in [0.1, 0.15) is 11.5 Å². The second kappa shape index (κ2) is 6.25. The zero-order valence-corrected chi connectivity index (χ0v) is 11.6. The summed E-state index contributed by atoms with van der Waals surface area (Å²) in [6, 6.07) is 8.34. The van der Waals surface area contributed by atoms with E-state index in [4.69, 9.17) is 15.2 Å². The molecule has 0 radical (unpaired) electrons. The molecule has 1 aromatic carbocycles. The van der Waals surface area contributed by atoms with Crippen LogP contribution in [0.3, 0.4) is 0 Å². The van der Waals surface area contributed by atoms with Crippen LogP contribution < -0.4 is 20.6 Å². The third-order valence-corrected chi connectivity index (χ3v) is 3.11. The molecule has 0 saturated carbocycles. The summed E-state index contributed by atoms with van der Waals surface area (Å²) in [4.78, 5) is 11.1. The van der Waals surface area contributed by atoms with Crippen LogP contribution in [0, 0.1) is 0 Å². The molecule has 1 atom stereocenters. The largest absolute Gasteiger partial charge is 0.497 e. The first kappa shape index (κ1) is 14.1. The third kappa shape index (κ3) is 3.19. The minimum atomic E-state index is -0.238. The van der Waals surface area contributed by atoms with Crippen molar-refractivity contribution in [3.63, 3.8) is 0 Å². The zero-order chi connectivity index (χ0) is 14.5. The van der Waals surface area contributed by atoms with Crippen molar-refractivity contribution < 1.29 is 9.47 Å². The van der Waals surface area contributed by atoms with Crippen LogP contribution in [0.4, 0.5) is 0 Å². The molecule has 2 N–H and O–H groups in total. The molecule has 0 saturated heterocycles. The van der Waals surface area contributed by atoms with E-state index in [-0.39, 0.29) is 11.5 Å². The molecule has 1 aromatic heterocycles. The first-order valence-electron chi connectivity index (χ1n) is 6.27. The standard InChI is InChI=1S/C15H18N2O3/c1-19-12-3-4-13(15(9-12)20-2)14(16)10-17-7-5-11(18)6-8-17/h3-9,14H,10,16H2,1-2H3. The Morgan fingerprint density at radius 3 is 2.45 bits per heavy atom. The van der Waals surface area contributed by atoms with E-state index in [1.807, 2.05) is 16.7 Å². The molecule has 0 spiro atoms. The summed E-state index contributed by atoms with van der Waals surface area (Å²) >= 11 is 0. The number of nitrogens with two attached hydrogens (primary N) is 1. The van der Waals surface area contributed by atoms with Gasteiger partial charge in [-0.25, -0.2) is 0 Å². The van der Waals surface area contributed by atoms with Crippen molar-refractivity contribution >= 4 is 0 Å². The number of ether oxygens (including phenoxy) is 2. The van der Waals surface area contributed by atoms with Gasteiger partial charge in [-0.3, -0.25) is 4.79 Å². The highest BCUT2D eigenvalue weighted by atomic mass is 16.5. The second-order valence-electron chi connectivity index (χ2n) is 4.45. The molecular weight excluding hydrogens is 256 g/mol. The lowest BCUT2D eigenvalue weighted by molar-refractivity contribution is 0.386. The Hall–Kier alpha value is -2.27. The van der Waals surface area contributed by atoms with Crippen LogP contribution in [0.1, 0.15) is 11.6 Å². The number of aromatic nitrogens is 1. The van der Waals surface area contributed by atoms with Gasteiger partial charge in [-0.2, -0.15) is 0 Å². The summed E-state index contributed by atoms with van der Waals surface area (Å²) in [5.74, 6) is 1.42. The quantitative estimate of drug-likeness (QED) is 0.898. The highest BCUT2D eigenvalue weighted by Crippen LogP contribution is 2.29. The van der Waals surface area contributed by atoms with E-state index < -0.39 is 0 Å². The maximum absolute atomic E-state index is 11.1. The molecule has 1 unspecified atom stereocenters. The molecule has 0 amide bonds. The highest BCUT2D eigenvalue weighted by Gasteiger charge is 2.13. The van der Waals surface area contributed by atoms with Gasteiger partial charge in [0.15, 0.2) is 5.43 Å². The zero-order valence-electron chi connectivity index (χ0n) is 11.6. The average molecular weight is 274 g/mol. The van der Waals surface area contributed by atoms with Crippen LogP contribution in [0.25, 0.3) is 0 Å². The van der Waals surface area contributed by atoms with Gasteiger partial charge in [-0.05, 0) is 6.07 Å². The molecule has 20 heavy (non-hydrogen) atoms. The summed E-state index contributed by atoms with van der Waals surface area (Å²) < 4.78 is 12.4. The molecule has 0 fully saturated rings. The predicted octanol–water partition coefficient (Wildman–Crippen LogP) is 1.57. The van der Waals surface area contributed by atoms with E-state index >= 15 is 0 Å². The van der Waals surface area contributed by atoms with Crippen molar-refractivity contribution in [1.29, 1.82) is 0 Å². The van der Waals surface area contributed by atoms with Crippen LogP contribution in [0.2, 0.25) is 0 Å². The number of benzene rings is 1. The molecule has 0 bridgehead atoms. The summed E-state index contributed by atoms with van der Waals surface area (Å²) in [7, 11) is 3.21. The Labute approximate surface area is 117 Å². The lowest BCUT2D eigenvalue weighted by Gasteiger charge is -2.18. The molecule has 5 heteroatoms. The van der Waals surface area contributed by atoms with Crippen LogP contribution in [-0.2, 0) is 6.54 Å². The van der Waals surface area contributed by atoms with Gasteiger partial charge in [0.2, 0.25) is 0 Å². The minimum Gasteiger partial charge on any atom is -0.497 e. The smallest absolute Gasteiger partial charge is 0.181 e. The van der Waals surface area contributed by atoms with Crippen molar-refractivity contribution in [1.82, 2.24) is 4.57 Å². The van der Waals surface area contributed by atoms with Crippen molar-refractivity contribution in [2.75, 3.05) is 14.2 Å². The van der Waals surface area contributed by atoms with Gasteiger partial charge < -0.3 is 19.8 Å². The third-order valence-electron chi connectivity index (χ3n) is 3.11. The highest BCUT2D eigenvalue weighted by molar-refractivity contribution is 5.42. The Kier molecular flexibility index (Phi) is 4.42. The maximum Gasteiger partial charge on any atom is 0.181 e. The molecule has 106 valence electrons. The van der Waals surface area contributed by atoms with E-state index in [1.165, 1.54) is 12.1 Å². The number of hydrogen-bond acceptors (Lipinski definition) is 4. The van der Waals surface area contributed by atoms with Crippen LogP contribution in [0.15, 0.2) is 47.5 Å². The molecule has 0 aliphatic heterocycles. The molecule has 5 nitrogen and oxygen atoms in total. The van der Waals surface area contributed by atoms with Crippen molar-refractivity contribution in [3.05, 3.63) is 58.5 Å². The predicted molar refractivity (Wildman–Crippen MR) is 77.2 cm³/mol. The Balaban J connectivity index is 2.22. The van der Waals surface area contributed by atoms with Gasteiger partial charge in [-0.15, -0.1) is 0 Å². The summed E-state index contributed by atoms with van der Waals surface area (Å²) in [5.41, 5.74) is 7.09. The van der Waals surface area contributed by atoms with Crippen LogP contribution in [-0.4, -0.2) is 18.8 Å². The van der Waals surface area contributed by atoms with E-state index in [2.05, 4.69) is 0 Å². The normalized spacial score (nSPS) is 11.9. The molecular formula is C15H18N2O3. The van der Waals surface area contributed by atoms with Gasteiger partial charge in [0.25, 0.3) is 0 Å². The number of pyridine rings is 1. The number of hydrogen-bond donors (Lipinski definition) is 1. The Morgan fingerprint density at radius 2 is 1.85 bits per heavy atom. The first-order chi connectivity index (χ1) is 9.63. The fraction of sp³-hybridized carbons (Fsp3) is 0.267. The molecule has 2 rings (SSSR count). The van der Waals surface area contributed by atoms with E-state index in [1.54, 1.807) is 32.7 Å². The average Bonchev–Trinajstić information content (AvgIpc) is 2.48. The summed E-state index contributed by atoms with van der Waals surface area (Å²) in [6.45, 7) is 0.559. The molecule has 0 aliphatic rings. The fourth-order valence-corrected chi connectivity index (χ4v) is 2.02. The molecule has 2 aromatic rings. The molecule has 0 aliphatic carbocycles. The van der Waals surface area contributed by atoms with Crippen molar-refractivity contribution in [2.24, 2.45) is 5.73 Å². The van der Waals surface area contributed by atoms with E-state index in [0.29, 0.717) is 12.3 Å². The van der Waals surface area contributed by atoms with Gasteiger partial charge in [0.05, 0.1) is 20.3 Å².